The number of hydrogen-bond donors (Lipinski definition) is 1. The molecule has 3 rings (SSSR count). The van der Waals surface area contributed by atoms with Crippen LogP contribution in [0.1, 0.15) is 48.2 Å². The fraction of sp³-hybridized carbons (Fsp3) is 0.458. The van der Waals surface area contributed by atoms with Gasteiger partial charge < -0.3 is 19.5 Å². The Morgan fingerprint density at radius 1 is 1.14 bits per heavy atom. The van der Waals surface area contributed by atoms with Crippen molar-refractivity contribution in [2.24, 2.45) is 5.92 Å². The average molecular weight is 398 g/mol. The Morgan fingerprint density at radius 3 is 2.52 bits per heavy atom. The van der Waals surface area contributed by atoms with Gasteiger partial charge in [-0.1, -0.05) is 30.3 Å². The lowest BCUT2D eigenvalue weighted by Crippen LogP contribution is -2.36. The smallest absolute Gasteiger partial charge is 0.161 e. The van der Waals surface area contributed by atoms with Crippen LogP contribution < -0.4 is 9.47 Å². The summed E-state index contributed by atoms with van der Waals surface area (Å²) < 4.78 is 11.2. The van der Waals surface area contributed by atoms with Crippen LogP contribution in [0.5, 0.6) is 11.5 Å². The van der Waals surface area contributed by atoms with E-state index in [2.05, 4.69) is 4.90 Å². The molecule has 1 heterocycles. The highest BCUT2D eigenvalue weighted by atomic mass is 16.5. The zero-order valence-electron chi connectivity index (χ0n) is 17.3. The summed E-state index contributed by atoms with van der Waals surface area (Å²) in [7, 11) is 1.58. The minimum absolute atomic E-state index is 0.00985. The van der Waals surface area contributed by atoms with Crippen molar-refractivity contribution in [1.29, 1.82) is 0 Å². The van der Waals surface area contributed by atoms with E-state index in [9.17, 15) is 9.90 Å². The van der Waals surface area contributed by atoms with E-state index in [1.807, 2.05) is 30.3 Å². The Hall–Kier alpha value is -2.37. The number of benzene rings is 2. The minimum Gasteiger partial charge on any atom is -0.493 e. The normalized spacial score (nSPS) is 16.4. The number of ether oxygens (including phenoxy) is 2. The molecule has 5 nitrogen and oxygen atoms in total. The first-order chi connectivity index (χ1) is 14.1. The highest BCUT2D eigenvalue weighted by molar-refractivity contribution is 5.94. The Bertz CT molecular complexity index is 785. The number of ketones is 1. The molecule has 0 radical (unpaired) electrons. The van der Waals surface area contributed by atoms with Gasteiger partial charge in [0.25, 0.3) is 0 Å². The van der Waals surface area contributed by atoms with E-state index in [1.165, 1.54) is 6.92 Å². The zero-order valence-corrected chi connectivity index (χ0v) is 17.3. The molecule has 29 heavy (non-hydrogen) atoms. The van der Waals surface area contributed by atoms with Gasteiger partial charge in [-0.05, 0) is 69.0 Å². The van der Waals surface area contributed by atoms with Gasteiger partial charge >= 0.3 is 0 Å². The molecule has 0 amide bonds. The third kappa shape index (κ3) is 5.81. The monoisotopic (exact) mass is 397 g/mol. The third-order valence-corrected chi connectivity index (χ3v) is 5.67. The van der Waals surface area contributed by atoms with Crippen LogP contribution >= 0.6 is 0 Å². The molecule has 1 unspecified atom stereocenters. The van der Waals surface area contributed by atoms with Crippen LogP contribution in [0.4, 0.5) is 0 Å². The summed E-state index contributed by atoms with van der Waals surface area (Å²) in [6, 6.07) is 15.2. The molecular formula is C24H31NO4. The molecule has 1 aliphatic heterocycles. The molecule has 1 N–H and O–H groups in total. The van der Waals surface area contributed by atoms with Crippen LogP contribution in [0.3, 0.4) is 0 Å². The summed E-state index contributed by atoms with van der Waals surface area (Å²) in [5, 5.41) is 10.6. The zero-order chi connectivity index (χ0) is 20.6. The van der Waals surface area contributed by atoms with Crippen LogP contribution in [0.2, 0.25) is 0 Å². The highest BCUT2D eigenvalue weighted by Gasteiger charge is 2.25. The van der Waals surface area contributed by atoms with E-state index in [4.69, 9.17) is 9.47 Å². The van der Waals surface area contributed by atoms with Crippen LogP contribution in [0.15, 0.2) is 48.5 Å². The molecule has 156 valence electrons. The SMILES string of the molecule is COc1cc(C(C)=O)ccc1OCCCN1CCC(C(O)c2ccccc2)CC1. The van der Waals surface area contributed by atoms with Gasteiger partial charge in [0.15, 0.2) is 17.3 Å². The Kier molecular flexibility index (Phi) is 7.67. The first-order valence-corrected chi connectivity index (χ1v) is 10.4. The van der Waals surface area contributed by atoms with Crippen molar-refractivity contribution in [2.45, 2.75) is 32.3 Å². The van der Waals surface area contributed by atoms with E-state index in [-0.39, 0.29) is 11.9 Å². The minimum atomic E-state index is -0.368. The second-order valence-corrected chi connectivity index (χ2v) is 7.66. The Morgan fingerprint density at radius 2 is 1.86 bits per heavy atom. The van der Waals surface area contributed by atoms with E-state index >= 15 is 0 Å². The van der Waals surface area contributed by atoms with Crippen molar-refractivity contribution < 1.29 is 19.4 Å². The summed E-state index contributed by atoms with van der Waals surface area (Å²) in [6.07, 6.45) is 2.57. The fourth-order valence-corrected chi connectivity index (χ4v) is 3.89. The quantitative estimate of drug-likeness (QED) is 0.510. The fourth-order valence-electron chi connectivity index (χ4n) is 3.89. The molecule has 2 aromatic rings. The van der Waals surface area contributed by atoms with Gasteiger partial charge in [-0.25, -0.2) is 0 Å². The largest absolute Gasteiger partial charge is 0.493 e. The molecule has 0 bridgehead atoms. The topological polar surface area (TPSA) is 59.0 Å². The van der Waals surface area contributed by atoms with Crippen molar-refractivity contribution in [3.63, 3.8) is 0 Å². The molecule has 0 aromatic heterocycles. The number of piperidine rings is 1. The summed E-state index contributed by atoms with van der Waals surface area (Å²) >= 11 is 0. The number of hydrogen-bond acceptors (Lipinski definition) is 5. The van der Waals surface area contributed by atoms with Crippen LogP contribution in [0, 0.1) is 5.92 Å². The van der Waals surface area contributed by atoms with Gasteiger partial charge in [-0.2, -0.15) is 0 Å². The number of carbonyl (C=O) groups excluding carboxylic acids is 1. The molecule has 5 heteroatoms. The molecule has 0 spiro atoms. The summed E-state index contributed by atoms with van der Waals surface area (Å²) in [4.78, 5) is 13.9. The third-order valence-electron chi connectivity index (χ3n) is 5.67. The molecular weight excluding hydrogens is 366 g/mol. The Balaban J connectivity index is 1.40. The predicted molar refractivity (Wildman–Crippen MR) is 114 cm³/mol. The molecule has 0 aliphatic carbocycles. The number of likely N-dealkylation sites (tertiary alicyclic amines) is 1. The van der Waals surface area contributed by atoms with E-state index < -0.39 is 0 Å². The number of nitrogens with zero attached hydrogens (tertiary/aromatic N) is 1. The van der Waals surface area contributed by atoms with Gasteiger partial charge in [0.05, 0.1) is 19.8 Å². The summed E-state index contributed by atoms with van der Waals surface area (Å²) in [6.45, 7) is 5.12. The number of carbonyl (C=O) groups is 1. The second kappa shape index (κ2) is 10.4. The average Bonchev–Trinajstić information content (AvgIpc) is 2.77. The standard InChI is InChI=1S/C24H31NO4/c1-18(26)21-9-10-22(23(17-21)28-2)29-16-6-13-25-14-11-20(12-15-25)24(27)19-7-4-3-5-8-19/h3-5,7-10,17,20,24,27H,6,11-16H2,1-2H3. The van der Waals surface area contributed by atoms with Crippen molar-refractivity contribution >= 4 is 5.78 Å². The number of aliphatic hydroxyl groups is 1. The van der Waals surface area contributed by atoms with Crippen LogP contribution in [-0.2, 0) is 0 Å². The lowest BCUT2D eigenvalue weighted by molar-refractivity contribution is 0.0574. The van der Waals surface area contributed by atoms with Gasteiger partial charge in [0.2, 0.25) is 0 Å². The lowest BCUT2D eigenvalue weighted by atomic mass is 9.87. The van der Waals surface area contributed by atoms with Crippen LogP contribution in [-0.4, -0.2) is 49.1 Å². The van der Waals surface area contributed by atoms with Gasteiger partial charge in [-0.15, -0.1) is 0 Å². The van der Waals surface area contributed by atoms with E-state index in [0.29, 0.717) is 29.6 Å². The van der Waals surface area contributed by atoms with E-state index in [0.717, 1.165) is 44.5 Å². The lowest BCUT2D eigenvalue weighted by Gasteiger charge is -2.34. The Labute approximate surface area is 173 Å². The van der Waals surface area contributed by atoms with Crippen LogP contribution in [0.25, 0.3) is 0 Å². The number of methoxy groups -OCH3 is 1. The predicted octanol–water partition coefficient (Wildman–Crippen LogP) is 4.11. The summed E-state index contributed by atoms with van der Waals surface area (Å²) in [5.74, 6) is 1.60. The molecule has 1 fully saturated rings. The maximum Gasteiger partial charge on any atom is 0.161 e. The van der Waals surface area contributed by atoms with Crippen molar-refractivity contribution in [3.05, 3.63) is 59.7 Å². The molecule has 2 aromatic carbocycles. The number of aliphatic hydroxyl groups excluding tert-OH is 1. The van der Waals surface area contributed by atoms with Crippen molar-refractivity contribution in [1.82, 2.24) is 4.90 Å². The number of Topliss-reactive ketones (excluding diaryl/α,β-unsaturated/α-hetero) is 1. The molecule has 1 saturated heterocycles. The van der Waals surface area contributed by atoms with Crippen molar-refractivity contribution in [3.8, 4) is 11.5 Å². The maximum atomic E-state index is 11.5. The number of rotatable bonds is 9. The van der Waals surface area contributed by atoms with Gasteiger partial charge in [0.1, 0.15) is 0 Å². The highest BCUT2D eigenvalue weighted by Crippen LogP contribution is 2.31. The van der Waals surface area contributed by atoms with Crippen molar-refractivity contribution in [2.75, 3.05) is 33.4 Å². The first kappa shape index (κ1) is 21.3. The van der Waals surface area contributed by atoms with E-state index in [1.54, 1.807) is 25.3 Å². The molecule has 1 atom stereocenters. The summed E-state index contributed by atoms with van der Waals surface area (Å²) in [5.41, 5.74) is 1.64. The first-order valence-electron chi connectivity index (χ1n) is 10.4. The van der Waals surface area contributed by atoms with Gasteiger partial charge in [-0.3, -0.25) is 4.79 Å². The molecule has 0 saturated carbocycles. The van der Waals surface area contributed by atoms with Gasteiger partial charge in [0, 0.05) is 12.1 Å². The molecule has 1 aliphatic rings. The second-order valence-electron chi connectivity index (χ2n) is 7.66. The maximum absolute atomic E-state index is 11.5.